The van der Waals surface area contributed by atoms with Gasteiger partial charge in [0.05, 0.1) is 6.42 Å². The predicted molar refractivity (Wildman–Crippen MR) is 115 cm³/mol. The van der Waals surface area contributed by atoms with Crippen molar-refractivity contribution in [2.24, 2.45) is 0 Å². The van der Waals surface area contributed by atoms with Crippen molar-refractivity contribution >= 4 is 34.1 Å². The van der Waals surface area contributed by atoms with E-state index in [-0.39, 0.29) is 5.91 Å². The second-order valence-corrected chi connectivity index (χ2v) is 11.2. The monoisotopic (exact) mass is 414 g/mol. The first-order valence-corrected chi connectivity index (χ1v) is 12.4. The molecule has 2 aromatic rings. The maximum absolute atomic E-state index is 12.7. The van der Waals surface area contributed by atoms with Crippen LogP contribution in [0.1, 0.15) is 45.5 Å². The number of hydrogen-bond acceptors (Lipinski definition) is 4. The zero-order chi connectivity index (χ0) is 19.3. The van der Waals surface area contributed by atoms with Gasteiger partial charge in [-0.05, 0) is 84.6 Å². The van der Waals surface area contributed by atoms with Gasteiger partial charge in [-0.15, -0.1) is 0 Å². The lowest BCUT2D eigenvalue weighted by atomic mass is 9.83. The molecule has 0 bridgehead atoms. The third-order valence-corrected chi connectivity index (χ3v) is 9.26. The topological polar surface area (TPSA) is 55.4 Å². The Labute approximate surface area is 173 Å². The third kappa shape index (κ3) is 3.41. The van der Waals surface area contributed by atoms with Gasteiger partial charge in [0.15, 0.2) is 0 Å². The van der Waals surface area contributed by atoms with E-state index in [0.717, 1.165) is 55.1 Å². The quantitative estimate of drug-likeness (QED) is 0.763. The molecule has 1 N–H and O–H groups in total. The number of thiophene rings is 1. The smallest absolute Gasteiger partial charge is 0.229 e. The molecule has 0 fully saturated rings. The van der Waals surface area contributed by atoms with E-state index in [0.29, 0.717) is 12.2 Å². The van der Waals surface area contributed by atoms with Crippen LogP contribution in [0.3, 0.4) is 0 Å². The van der Waals surface area contributed by atoms with E-state index < -0.39 is 11.2 Å². The van der Waals surface area contributed by atoms with Gasteiger partial charge in [0.25, 0.3) is 0 Å². The molecule has 0 saturated heterocycles. The zero-order valence-corrected chi connectivity index (χ0v) is 17.9. The Hall–Kier alpha value is -1.34. The van der Waals surface area contributed by atoms with E-state index >= 15 is 0 Å². The van der Waals surface area contributed by atoms with Gasteiger partial charge in [0, 0.05) is 29.7 Å². The summed E-state index contributed by atoms with van der Waals surface area (Å²) in [5.74, 6) is 0.405. The average molecular weight is 415 g/mol. The summed E-state index contributed by atoms with van der Waals surface area (Å²) in [7, 11) is 2.12. The van der Waals surface area contributed by atoms with E-state index in [1.165, 1.54) is 39.1 Å². The normalized spacial score (nSPS) is 18.8. The van der Waals surface area contributed by atoms with Crippen LogP contribution in [0.2, 0.25) is 0 Å². The number of hydrogen-bond donors (Lipinski definition) is 1. The molecule has 28 heavy (non-hydrogen) atoms. The average Bonchev–Trinajstić information content (AvgIpc) is 3.28. The Morgan fingerprint density at radius 2 is 1.96 bits per heavy atom. The van der Waals surface area contributed by atoms with E-state index in [1.807, 2.05) is 0 Å². The van der Waals surface area contributed by atoms with Crippen LogP contribution in [-0.4, -0.2) is 34.7 Å². The Bertz CT molecular complexity index is 937. The molecule has 1 aromatic carbocycles. The first kappa shape index (κ1) is 18.7. The van der Waals surface area contributed by atoms with Crippen LogP contribution in [0.4, 0.5) is 5.69 Å². The summed E-state index contributed by atoms with van der Waals surface area (Å²) in [6.07, 6.45) is 6.94. The van der Waals surface area contributed by atoms with Crippen molar-refractivity contribution in [3.63, 3.8) is 0 Å². The molecule has 148 valence electrons. The predicted octanol–water partition coefficient (Wildman–Crippen LogP) is 3.46. The van der Waals surface area contributed by atoms with Crippen molar-refractivity contribution in [1.82, 2.24) is 4.90 Å². The number of likely N-dealkylation sites (N-methyl/N-ethyl adjacent to an activating group) is 1. The number of anilines is 1. The standard InChI is InChI=1S/C22H26N2O2S2/c1-24-9-7-19-16(13-24)12-21(27-19)28(26)10-8-20(25)23-22-17-4-2-3-14(17)11-15-5-6-18(15)22/h11-12H,2-10,13H2,1H3,(H,23,25). The molecule has 2 aliphatic carbocycles. The van der Waals surface area contributed by atoms with E-state index in [9.17, 15) is 9.35 Å². The lowest BCUT2D eigenvalue weighted by Gasteiger charge is -2.26. The number of nitrogens with one attached hydrogen (secondary N) is 1. The molecule has 0 radical (unpaired) electrons. The Kier molecular flexibility index (Phi) is 4.99. The van der Waals surface area contributed by atoms with Crippen molar-refractivity contribution in [3.05, 3.63) is 44.8 Å². The highest BCUT2D eigenvalue weighted by Gasteiger charge is 2.27. The highest BCUT2D eigenvalue weighted by Crippen LogP contribution is 2.39. The molecule has 6 heteroatoms. The molecule has 1 atom stereocenters. The summed E-state index contributed by atoms with van der Waals surface area (Å²) in [5, 5.41) is 3.19. The van der Waals surface area contributed by atoms with Gasteiger partial charge >= 0.3 is 0 Å². The fourth-order valence-corrected chi connectivity index (χ4v) is 7.30. The Morgan fingerprint density at radius 1 is 1.14 bits per heavy atom. The number of amides is 1. The van der Waals surface area contributed by atoms with Gasteiger partial charge in [-0.3, -0.25) is 4.79 Å². The van der Waals surface area contributed by atoms with Crippen molar-refractivity contribution in [1.29, 1.82) is 0 Å². The number of carbonyl (C=O) groups is 1. The summed E-state index contributed by atoms with van der Waals surface area (Å²) in [6, 6.07) is 4.44. The van der Waals surface area contributed by atoms with Gasteiger partial charge in [-0.2, -0.15) is 0 Å². The van der Waals surface area contributed by atoms with Crippen LogP contribution >= 0.6 is 11.3 Å². The molecular formula is C22H26N2O2S2. The van der Waals surface area contributed by atoms with Crippen molar-refractivity contribution in [2.45, 2.75) is 55.7 Å². The van der Waals surface area contributed by atoms with Crippen LogP contribution < -0.4 is 5.32 Å². The molecule has 1 amide bonds. The van der Waals surface area contributed by atoms with Crippen LogP contribution in [-0.2, 0) is 54.6 Å². The van der Waals surface area contributed by atoms with Crippen LogP contribution in [0.25, 0.3) is 0 Å². The summed E-state index contributed by atoms with van der Waals surface area (Å²) in [6.45, 7) is 2.00. The molecule has 4 nitrogen and oxygen atoms in total. The molecule has 5 rings (SSSR count). The molecule has 0 spiro atoms. The number of fused-ring (bicyclic) bond motifs is 3. The lowest BCUT2D eigenvalue weighted by Crippen LogP contribution is -2.25. The van der Waals surface area contributed by atoms with Crippen molar-refractivity contribution in [3.8, 4) is 0 Å². The number of rotatable bonds is 5. The first-order chi connectivity index (χ1) is 13.6. The SMILES string of the molecule is CN1CCc2sc([S+]([O-])CCC(=O)Nc3c4c(cc5c3CC5)CCC4)cc2C1. The maximum atomic E-state index is 12.7. The summed E-state index contributed by atoms with van der Waals surface area (Å²) in [5.41, 5.74) is 7.92. The number of benzene rings is 1. The fourth-order valence-electron chi connectivity index (χ4n) is 4.64. The highest BCUT2D eigenvalue weighted by atomic mass is 32.2. The van der Waals surface area contributed by atoms with Crippen molar-refractivity contribution < 1.29 is 9.35 Å². The Balaban J connectivity index is 1.23. The lowest BCUT2D eigenvalue weighted by molar-refractivity contribution is -0.115. The minimum absolute atomic E-state index is 0.00352. The van der Waals surface area contributed by atoms with Gasteiger partial charge in [-0.25, -0.2) is 0 Å². The molecule has 0 saturated carbocycles. The second kappa shape index (κ2) is 7.48. The minimum atomic E-state index is -1.09. The minimum Gasteiger partial charge on any atom is -0.611 e. The van der Waals surface area contributed by atoms with Crippen LogP contribution in [0.15, 0.2) is 16.3 Å². The molecule has 3 aliphatic rings. The molecular weight excluding hydrogens is 388 g/mol. The molecule has 1 aromatic heterocycles. The van der Waals surface area contributed by atoms with Crippen LogP contribution in [0, 0.1) is 0 Å². The van der Waals surface area contributed by atoms with E-state index in [2.05, 4.69) is 29.4 Å². The number of carbonyl (C=O) groups excluding carboxylic acids is 1. The van der Waals surface area contributed by atoms with E-state index in [4.69, 9.17) is 0 Å². The number of nitrogens with zero attached hydrogens (tertiary/aromatic N) is 1. The third-order valence-electron chi connectivity index (χ3n) is 6.28. The Morgan fingerprint density at radius 3 is 2.79 bits per heavy atom. The first-order valence-electron chi connectivity index (χ1n) is 10.2. The second-order valence-electron chi connectivity index (χ2n) is 8.23. The largest absolute Gasteiger partial charge is 0.611 e. The van der Waals surface area contributed by atoms with Gasteiger partial charge in [0.2, 0.25) is 10.1 Å². The number of aryl methyl sites for hydroxylation is 2. The summed E-state index contributed by atoms with van der Waals surface area (Å²) >= 11 is 0.579. The van der Waals surface area contributed by atoms with E-state index in [1.54, 1.807) is 11.3 Å². The summed E-state index contributed by atoms with van der Waals surface area (Å²) < 4.78 is 13.7. The van der Waals surface area contributed by atoms with Crippen LogP contribution in [0.5, 0.6) is 0 Å². The fraction of sp³-hybridized carbons (Fsp3) is 0.500. The van der Waals surface area contributed by atoms with Gasteiger partial charge in [0.1, 0.15) is 5.75 Å². The maximum Gasteiger partial charge on any atom is 0.229 e. The van der Waals surface area contributed by atoms with Crippen molar-refractivity contribution in [2.75, 3.05) is 24.7 Å². The van der Waals surface area contributed by atoms with Gasteiger partial charge < -0.3 is 14.8 Å². The molecule has 1 unspecified atom stereocenters. The van der Waals surface area contributed by atoms with Gasteiger partial charge in [-0.1, -0.05) is 17.4 Å². The molecule has 2 heterocycles. The highest BCUT2D eigenvalue weighted by molar-refractivity contribution is 7.93. The molecule has 1 aliphatic heterocycles. The zero-order valence-electron chi connectivity index (χ0n) is 16.3. The summed E-state index contributed by atoms with van der Waals surface area (Å²) in [4.78, 5) is 16.3.